The SMILES string of the molecule is CCc1nc(NC(=O)c2c(-c3cccc(-c4ccccc4)c3C)n(C)c(=O)n(C)c2=O)ccc1CNCC1CCC(=O)N1. The van der Waals surface area contributed by atoms with Crippen molar-refractivity contribution in [3.05, 3.63) is 104 Å². The molecule has 0 radical (unpaired) electrons. The van der Waals surface area contributed by atoms with Crippen LogP contribution in [0.2, 0.25) is 0 Å². The van der Waals surface area contributed by atoms with Crippen molar-refractivity contribution in [2.75, 3.05) is 11.9 Å². The number of amides is 2. The van der Waals surface area contributed by atoms with E-state index in [4.69, 9.17) is 0 Å². The first kappa shape index (κ1) is 29.7. The Hall–Kier alpha value is -4.83. The molecule has 1 aliphatic heterocycles. The molecule has 0 saturated carbocycles. The molecule has 2 aromatic heterocycles. The molecule has 222 valence electrons. The van der Waals surface area contributed by atoms with Crippen LogP contribution in [0.5, 0.6) is 0 Å². The van der Waals surface area contributed by atoms with Crippen molar-refractivity contribution >= 4 is 17.6 Å². The maximum absolute atomic E-state index is 13.8. The number of nitrogens with one attached hydrogen (secondary N) is 3. The summed E-state index contributed by atoms with van der Waals surface area (Å²) in [7, 11) is 2.93. The fraction of sp³-hybridized carbons (Fsp3) is 0.303. The highest BCUT2D eigenvalue weighted by molar-refractivity contribution is 6.08. The average molecular weight is 581 g/mol. The summed E-state index contributed by atoms with van der Waals surface area (Å²) in [6, 6.07) is 19.2. The van der Waals surface area contributed by atoms with Gasteiger partial charge in [0.1, 0.15) is 11.4 Å². The van der Waals surface area contributed by atoms with Gasteiger partial charge in [-0.15, -0.1) is 0 Å². The number of benzene rings is 2. The van der Waals surface area contributed by atoms with Gasteiger partial charge < -0.3 is 16.0 Å². The van der Waals surface area contributed by atoms with Crippen LogP contribution in [0.15, 0.2) is 70.3 Å². The number of aromatic nitrogens is 3. The summed E-state index contributed by atoms with van der Waals surface area (Å²) < 4.78 is 2.29. The number of anilines is 1. The van der Waals surface area contributed by atoms with Crippen LogP contribution >= 0.6 is 0 Å². The van der Waals surface area contributed by atoms with E-state index in [2.05, 4.69) is 20.9 Å². The van der Waals surface area contributed by atoms with Gasteiger partial charge in [0.2, 0.25) is 5.91 Å². The predicted molar refractivity (Wildman–Crippen MR) is 167 cm³/mol. The molecule has 10 heteroatoms. The number of carbonyl (C=O) groups is 2. The highest BCUT2D eigenvalue weighted by Gasteiger charge is 2.25. The Morgan fingerprint density at radius 3 is 2.42 bits per heavy atom. The van der Waals surface area contributed by atoms with Gasteiger partial charge in [-0.05, 0) is 48.1 Å². The molecule has 43 heavy (non-hydrogen) atoms. The quantitative estimate of drug-likeness (QED) is 0.279. The van der Waals surface area contributed by atoms with E-state index in [1.165, 1.54) is 11.6 Å². The molecule has 1 atom stereocenters. The lowest BCUT2D eigenvalue weighted by Gasteiger charge is -2.19. The zero-order valence-electron chi connectivity index (χ0n) is 24.9. The van der Waals surface area contributed by atoms with Gasteiger partial charge in [0.15, 0.2) is 0 Å². The first-order valence-electron chi connectivity index (χ1n) is 14.4. The van der Waals surface area contributed by atoms with E-state index in [1.807, 2.05) is 68.4 Å². The number of aryl methyl sites for hydroxylation is 1. The minimum atomic E-state index is -0.685. The minimum absolute atomic E-state index is 0.0818. The molecule has 3 heterocycles. The first-order valence-corrected chi connectivity index (χ1v) is 14.4. The molecule has 0 bridgehead atoms. The normalized spacial score (nSPS) is 14.5. The molecule has 1 unspecified atom stereocenters. The summed E-state index contributed by atoms with van der Waals surface area (Å²) in [5.41, 5.74) is 4.07. The Kier molecular flexibility index (Phi) is 8.68. The van der Waals surface area contributed by atoms with Gasteiger partial charge in [-0.1, -0.05) is 61.5 Å². The van der Waals surface area contributed by atoms with Gasteiger partial charge in [-0.25, -0.2) is 9.78 Å². The van der Waals surface area contributed by atoms with E-state index in [0.717, 1.165) is 38.9 Å². The summed E-state index contributed by atoms with van der Waals surface area (Å²) in [6.07, 6.45) is 2.01. The lowest BCUT2D eigenvalue weighted by molar-refractivity contribution is -0.119. The second-order valence-electron chi connectivity index (χ2n) is 10.8. The molecule has 1 fully saturated rings. The van der Waals surface area contributed by atoms with Crippen LogP contribution in [-0.4, -0.2) is 38.5 Å². The van der Waals surface area contributed by atoms with Crippen LogP contribution in [0, 0.1) is 6.92 Å². The van der Waals surface area contributed by atoms with Crippen molar-refractivity contribution in [2.24, 2.45) is 14.1 Å². The van der Waals surface area contributed by atoms with Crippen LogP contribution in [-0.2, 0) is 31.9 Å². The summed E-state index contributed by atoms with van der Waals surface area (Å²) in [6.45, 7) is 5.14. The Labute approximate surface area is 249 Å². The van der Waals surface area contributed by atoms with Gasteiger partial charge >= 0.3 is 5.69 Å². The molecule has 1 saturated heterocycles. The van der Waals surface area contributed by atoms with E-state index in [-0.39, 0.29) is 23.2 Å². The zero-order chi connectivity index (χ0) is 30.7. The molecular formula is C33H36N6O4. The van der Waals surface area contributed by atoms with Crippen LogP contribution in [0.3, 0.4) is 0 Å². The average Bonchev–Trinajstić information content (AvgIpc) is 3.43. The van der Waals surface area contributed by atoms with Crippen LogP contribution in [0.25, 0.3) is 22.4 Å². The zero-order valence-corrected chi connectivity index (χ0v) is 24.9. The smallest absolute Gasteiger partial charge is 0.330 e. The number of pyridine rings is 1. The van der Waals surface area contributed by atoms with Gasteiger partial charge in [0.05, 0.1) is 5.69 Å². The van der Waals surface area contributed by atoms with Crippen LogP contribution < -0.4 is 27.2 Å². The molecular weight excluding hydrogens is 544 g/mol. The maximum atomic E-state index is 13.8. The predicted octanol–water partition coefficient (Wildman–Crippen LogP) is 3.30. The summed E-state index contributed by atoms with van der Waals surface area (Å²) in [5, 5.41) is 9.14. The second kappa shape index (κ2) is 12.6. The molecule has 0 aliphatic carbocycles. The summed E-state index contributed by atoms with van der Waals surface area (Å²) in [5.74, 6) is -0.253. The van der Waals surface area contributed by atoms with Crippen molar-refractivity contribution in [1.29, 1.82) is 0 Å². The van der Waals surface area contributed by atoms with Crippen LogP contribution in [0.4, 0.5) is 5.82 Å². The standard InChI is InChI=1S/C33H36N6O4/c1-5-26-22(18-34-19-23-15-17-28(40)35-23)14-16-27(36-26)37-31(41)29-30(38(3)33(43)39(4)32(29)42)25-13-9-12-24(20(25)2)21-10-7-6-8-11-21/h6-14,16,23,34H,5,15,17-19H2,1-4H3,(H,35,40)(H,36,37,41). The number of hydrogen-bond donors (Lipinski definition) is 3. The largest absolute Gasteiger partial charge is 0.352 e. The van der Waals surface area contributed by atoms with E-state index >= 15 is 0 Å². The lowest BCUT2D eigenvalue weighted by atomic mass is 9.93. The number of rotatable bonds is 9. The Morgan fingerprint density at radius 2 is 1.72 bits per heavy atom. The fourth-order valence-corrected chi connectivity index (χ4v) is 5.64. The van der Waals surface area contributed by atoms with Gasteiger partial charge in [-0.2, -0.15) is 0 Å². The minimum Gasteiger partial charge on any atom is -0.352 e. The topological polar surface area (TPSA) is 127 Å². The molecule has 3 N–H and O–H groups in total. The van der Waals surface area contributed by atoms with E-state index < -0.39 is 17.2 Å². The van der Waals surface area contributed by atoms with Crippen molar-refractivity contribution in [3.63, 3.8) is 0 Å². The third kappa shape index (κ3) is 6.05. The third-order valence-corrected chi connectivity index (χ3v) is 8.00. The molecule has 0 spiro atoms. The molecule has 2 amide bonds. The number of nitrogens with zero attached hydrogens (tertiary/aromatic N) is 3. The number of hydrogen-bond acceptors (Lipinski definition) is 6. The van der Waals surface area contributed by atoms with Crippen molar-refractivity contribution in [3.8, 4) is 22.4 Å². The molecule has 2 aromatic carbocycles. The Morgan fingerprint density at radius 1 is 0.977 bits per heavy atom. The monoisotopic (exact) mass is 580 g/mol. The van der Waals surface area contributed by atoms with Crippen molar-refractivity contribution < 1.29 is 9.59 Å². The molecule has 1 aliphatic rings. The summed E-state index contributed by atoms with van der Waals surface area (Å²) in [4.78, 5) is 56.5. The lowest BCUT2D eigenvalue weighted by Crippen LogP contribution is -2.42. The molecule has 4 aromatic rings. The highest BCUT2D eigenvalue weighted by atomic mass is 16.2. The maximum Gasteiger partial charge on any atom is 0.330 e. The van der Waals surface area contributed by atoms with Gasteiger partial charge in [0.25, 0.3) is 11.5 Å². The number of carbonyl (C=O) groups excluding carboxylic acids is 2. The fourth-order valence-electron chi connectivity index (χ4n) is 5.64. The molecule has 10 nitrogen and oxygen atoms in total. The van der Waals surface area contributed by atoms with E-state index in [9.17, 15) is 19.2 Å². The second-order valence-corrected chi connectivity index (χ2v) is 10.8. The Bertz CT molecular complexity index is 1810. The first-order chi connectivity index (χ1) is 20.7. The Balaban J connectivity index is 1.47. The van der Waals surface area contributed by atoms with E-state index in [1.54, 1.807) is 13.1 Å². The van der Waals surface area contributed by atoms with Crippen LogP contribution in [0.1, 0.15) is 46.9 Å². The van der Waals surface area contributed by atoms with Gasteiger partial charge in [0, 0.05) is 50.9 Å². The third-order valence-electron chi connectivity index (χ3n) is 8.00. The molecule has 5 rings (SSSR count). The van der Waals surface area contributed by atoms with Gasteiger partial charge in [-0.3, -0.25) is 23.5 Å². The van der Waals surface area contributed by atoms with Crippen molar-refractivity contribution in [1.82, 2.24) is 24.8 Å². The summed E-state index contributed by atoms with van der Waals surface area (Å²) >= 11 is 0. The van der Waals surface area contributed by atoms with Crippen molar-refractivity contribution in [2.45, 2.75) is 45.7 Å². The van der Waals surface area contributed by atoms with E-state index in [0.29, 0.717) is 37.3 Å². The highest BCUT2D eigenvalue weighted by Crippen LogP contribution is 2.32.